The highest BCUT2D eigenvalue weighted by atomic mass is 35.5. The summed E-state index contributed by atoms with van der Waals surface area (Å²) in [5.74, 6) is -0.294. The molecular weight excluding hydrogens is 379 g/mol. The van der Waals surface area contributed by atoms with Crippen molar-refractivity contribution in [1.82, 2.24) is 19.6 Å². The molecule has 1 atom stereocenters. The Morgan fingerprint density at radius 2 is 1.62 bits per heavy atom. The Morgan fingerprint density at radius 3 is 2.00 bits per heavy atom. The molecule has 7 nitrogen and oxygen atoms in total. The number of hydrogen-bond acceptors (Lipinski definition) is 6. The maximum atomic E-state index is 10.8. The number of carbonyl (C=O) groups is 1. The minimum atomic E-state index is -0.988. The second-order valence-corrected chi connectivity index (χ2v) is 7.47. The van der Waals surface area contributed by atoms with Gasteiger partial charge < -0.3 is 9.84 Å². The van der Waals surface area contributed by atoms with Crippen LogP contribution in [0.15, 0.2) is 18.2 Å². The number of alkyl halides is 1. The summed E-state index contributed by atoms with van der Waals surface area (Å²) in [6.07, 6.45) is -0.470. The Labute approximate surface area is 163 Å². The van der Waals surface area contributed by atoms with Crippen LogP contribution in [0.5, 0.6) is 5.75 Å². The topological polar surface area (TPSA) is 59.5 Å². The van der Waals surface area contributed by atoms with Crippen LogP contribution in [-0.2, 0) is 10.7 Å². The number of benzene rings is 1. The van der Waals surface area contributed by atoms with Gasteiger partial charge in [0, 0.05) is 10.6 Å². The lowest BCUT2D eigenvalue weighted by atomic mass is 10.2. The first kappa shape index (κ1) is 19.7. The third kappa shape index (κ3) is 4.79. The highest BCUT2D eigenvalue weighted by Gasteiger charge is 2.36. The molecule has 4 aliphatic heterocycles. The van der Waals surface area contributed by atoms with E-state index in [1.54, 1.807) is 25.1 Å². The van der Waals surface area contributed by atoms with E-state index < -0.39 is 12.1 Å². The van der Waals surface area contributed by atoms with Crippen LogP contribution in [0.1, 0.15) is 18.9 Å². The largest absolute Gasteiger partial charge is 0.479 e. The second-order valence-electron chi connectivity index (χ2n) is 6.77. The van der Waals surface area contributed by atoms with E-state index in [2.05, 4.69) is 19.6 Å². The molecule has 4 heterocycles. The fourth-order valence-corrected chi connectivity index (χ4v) is 3.87. The van der Waals surface area contributed by atoms with Crippen molar-refractivity contribution in [2.75, 3.05) is 40.0 Å². The first-order valence-corrected chi connectivity index (χ1v) is 9.53. The number of halogens is 2. The molecule has 5 rings (SSSR count). The fourth-order valence-electron chi connectivity index (χ4n) is 3.46. The molecule has 1 unspecified atom stereocenters. The summed E-state index contributed by atoms with van der Waals surface area (Å²) in [6.45, 7) is 8.87. The van der Waals surface area contributed by atoms with Crippen molar-refractivity contribution in [2.24, 2.45) is 0 Å². The molecule has 0 aliphatic carbocycles. The van der Waals surface area contributed by atoms with Crippen molar-refractivity contribution in [2.45, 2.75) is 25.3 Å². The van der Waals surface area contributed by atoms with E-state index in [1.807, 2.05) is 0 Å². The predicted octanol–water partition coefficient (Wildman–Crippen LogP) is 2.30. The van der Waals surface area contributed by atoms with Crippen LogP contribution >= 0.6 is 23.2 Å². The molecule has 4 aliphatic rings. The summed E-state index contributed by atoms with van der Waals surface area (Å²) in [7, 11) is 0. The van der Waals surface area contributed by atoms with Crippen LogP contribution in [0.3, 0.4) is 0 Å². The number of nitrogens with zero attached hydrogens (tertiary/aromatic N) is 4. The predicted molar refractivity (Wildman–Crippen MR) is 99.9 cm³/mol. The van der Waals surface area contributed by atoms with Gasteiger partial charge in [-0.05, 0) is 24.6 Å². The lowest BCUT2D eigenvalue weighted by Gasteiger charge is -2.56. The summed E-state index contributed by atoms with van der Waals surface area (Å²) >= 11 is 11.5. The first-order valence-electron chi connectivity index (χ1n) is 8.61. The zero-order valence-electron chi connectivity index (χ0n) is 14.8. The molecule has 1 aromatic rings. The van der Waals surface area contributed by atoms with E-state index in [-0.39, 0.29) is 5.88 Å². The quantitative estimate of drug-likeness (QED) is 0.758. The van der Waals surface area contributed by atoms with Crippen LogP contribution in [0.4, 0.5) is 0 Å². The van der Waals surface area contributed by atoms with E-state index in [9.17, 15) is 4.79 Å². The number of aliphatic carboxylic acids is 1. The van der Waals surface area contributed by atoms with Crippen molar-refractivity contribution in [3.8, 4) is 5.75 Å². The van der Waals surface area contributed by atoms with Gasteiger partial charge in [0.25, 0.3) is 0 Å². The molecule has 0 saturated carbocycles. The number of carboxylic acids is 1. The van der Waals surface area contributed by atoms with Gasteiger partial charge in [-0.2, -0.15) is 0 Å². The molecule has 0 radical (unpaired) electrons. The monoisotopic (exact) mass is 402 g/mol. The zero-order valence-corrected chi connectivity index (χ0v) is 16.3. The van der Waals surface area contributed by atoms with Crippen molar-refractivity contribution in [3.05, 3.63) is 28.8 Å². The highest BCUT2D eigenvalue weighted by Crippen LogP contribution is 2.26. The maximum Gasteiger partial charge on any atom is 0.344 e. The van der Waals surface area contributed by atoms with Gasteiger partial charge in [-0.25, -0.2) is 4.79 Å². The summed E-state index contributed by atoms with van der Waals surface area (Å²) in [4.78, 5) is 20.7. The van der Waals surface area contributed by atoms with Crippen LogP contribution in [0.25, 0.3) is 0 Å². The van der Waals surface area contributed by atoms with E-state index in [4.69, 9.17) is 33.0 Å². The normalized spacial score (nSPS) is 29.7. The van der Waals surface area contributed by atoms with Gasteiger partial charge >= 0.3 is 5.97 Å². The van der Waals surface area contributed by atoms with Gasteiger partial charge in [0.2, 0.25) is 0 Å². The summed E-state index contributed by atoms with van der Waals surface area (Å²) in [5.41, 5.74) is 0.689. The van der Waals surface area contributed by atoms with Crippen molar-refractivity contribution >= 4 is 29.2 Å². The van der Waals surface area contributed by atoms with E-state index in [1.165, 1.54) is 40.0 Å². The minimum Gasteiger partial charge on any atom is -0.479 e. The molecule has 1 aromatic carbocycles. The third-order valence-electron chi connectivity index (χ3n) is 4.48. The molecule has 4 fully saturated rings. The van der Waals surface area contributed by atoms with Crippen molar-refractivity contribution in [1.29, 1.82) is 0 Å². The van der Waals surface area contributed by atoms with Crippen LogP contribution in [0, 0.1) is 0 Å². The Balaban J connectivity index is 0.000000164. The Bertz CT molecular complexity index is 590. The Morgan fingerprint density at radius 1 is 1.12 bits per heavy atom. The van der Waals surface area contributed by atoms with Gasteiger partial charge in [0.05, 0.1) is 45.9 Å². The van der Waals surface area contributed by atoms with Crippen LogP contribution in [-0.4, -0.2) is 76.8 Å². The molecule has 0 aromatic heterocycles. The molecule has 0 spiro atoms. The summed E-state index contributed by atoms with van der Waals surface area (Å²) in [6, 6.07) is 4.94. The summed E-state index contributed by atoms with van der Waals surface area (Å²) in [5, 5.41) is 9.42. The van der Waals surface area contributed by atoms with Gasteiger partial charge in [-0.1, -0.05) is 18.5 Å². The number of hydrogen-bond donors (Lipinski definition) is 1. The standard InChI is InChI=1S/C11H12Cl2O3.C6H12N4/c1-2-9(11(14)15)16-10-4-3-8(13)5-7(10)6-12;1-7-2-9-4-8(1)5-10(3-7)6-9/h3-5,9H,2,6H2,1H3,(H,14,15);1-6H2. The van der Waals surface area contributed by atoms with Gasteiger partial charge in [-0.15, -0.1) is 11.6 Å². The van der Waals surface area contributed by atoms with E-state index >= 15 is 0 Å². The number of ether oxygens (including phenoxy) is 1. The molecule has 144 valence electrons. The number of rotatable bonds is 5. The molecule has 9 heteroatoms. The highest BCUT2D eigenvalue weighted by molar-refractivity contribution is 6.30. The van der Waals surface area contributed by atoms with Gasteiger partial charge in [-0.3, -0.25) is 19.6 Å². The SMILES string of the molecule is C1N2CN3CN1CN(C2)C3.CCC(Oc1ccc(Cl)cc1CCl)C(=O)O. The van der Waals surface area contributed by atoms with Gasteiger partial charge in [0.15, 0.2) is 6.10 Å². The van der Waals surface area contributed by atoms with Crippen LogP contribution in [0.2, 0.25) is 5.02 Å². The lowest BCUT2D eigenvalue weighted by Crippen LogP contribution is -2.71. The molecule has 4 bridgehead atoms. The lowest BCUT2D eigenvalue weighted by molar-refractivity contribution is -0.194. The molecular formula is C17H24Cl2N4O3. The second kappa shape index (κ2) is 8.73. The summed E-state index contributed by atoms with van der Waals surface area (Å²) < 4.78 is 5.36. The molecule has 4 saturated heterocycles. The Kier molecular flexibility index (Phi) is 6.60. The van der Waals surface area contributed by atoms with E-state index in [0.717, 1.165) is 0 Å². The van der Waals surface area contributed by atoms with Crippen molar-refractivity contribution in [3.63, 3.8) is 0 Å². The fraction of sp³-hybridized carbons (Fsp3) is 0.588. The first-order chi connectivity index (χ1) is 12.5. The van der Waals surface area contributed by atoms with Crippen LogP contribution < -0.4 is 4.74 Å². The molecule has 1 N–H and O–H groups in total. The maximum absolute atomic E-state index is 10.8. The third-order valence-corrected chi connectivity index (χ3v) is 5.00. The molecule has 0 amide bonds. The zero-order chi connectivity index (χ0) is 18.7. The van der Waals surface area contributed by atoms with Gasteiger partial charge in [0.1, 0.15) is 5.75 Å². The van der Waals surface area contributed by atoms with Crippen molar-refractivity contribution < 1.29 is 14.6 Å². The average Bonchev–Trinajstić information content (AvgIpc) is 2.59. The molecule has 26 heavy (non-hydrogen) atoms. The smallest absolute Gasteiger partial charge is 0.344 e. The van der Waals surface area contributed by atoms with E-state index in [0.29, 0.717) is 22.8 Å². The number of carboxylic acid groups (broad SMARTS) is 1. The minimum absolute atomic E-state index is 0.228. The Hall–Kier alpha value is -1.09. The average molecular weight is 403 g/mol.